The molecule has 0 aromatic heterocycles. The van der Waals surface area contributed by atoms with E-state index in [4.69, 9.17) is 28.9 Å². The minimum atomic E-state index is -0.689. The predicted molar refractivity (Wildman–Crippen MR) is 140 cm³/mol. The summed E-state index contributed by atoms with van der Waals surface area (Å²) < 4.78 is 0. The molecule has 3 rings (SSSR count). The van der Waals surface area contributed by atoms with Crippen molar-refractivity contribution in [3.8, 4) is 0 Å². The van der Waals surface area contributed by atoms with E-state index in [9.17, 15) is 9.59 Å². The van der Waals surface area contributed by atoms with Crippen LogP contribution in [0.4, 0.5) is 5.69 Å². The van der Waals surface area contributed by atoms with E-state index in [-0.39, 0.29) is 17.7 Å². The zero-order valence-corrected chi connectivity index (χ0v) is 21.6. The van der Waals surface area contributed by atoms with E-state index in [2.05, 4.69) is 0 Å². The lowest BCUT2D eigenvalue weighted by Crippen LogP contribution is -2.45. The lowest BCUT2D eigenvalue weighted by Gasteiger charge is -2.31. The molecular formula is C27H35Cl2N3O2. The van der Waals surface area contributed by atoms with Crippen molar-refractivity contribution in [3.05, 3.63) is 63.6 Å². The van der Waals surface area contributed by atoms with E-state index in [1.165, 1.54) is 0 Å². The fourth-order valence-electron chi connectivity index (χ4n) is 4.39. The molecule has 1 heterocycles. The standard InChI is InChI=1S/C27H35Cl2N3O2/c1-19(2)26(33)32-15-9-5-3-4-8-14-31(18-21-10-6-7-11-25(21)32)27(34)24(30)17-20-12-13-22(28)23(29)16-20/h6-7,10-13,16,19,24H,3-5,8-9,14-15,17-18,30H2,1-2H3/t24-/m0/s1. The van der Waals surface area contributed by atoms with Crippen molar-refractivity contribution in [2.75, 3.05) is 18.0 Å². The summed E-state index contributed by atoms with van der Waals surface area (Å²) in [6.45, 7) is 5.61. The number of para-hydroxylation sites is 1. The quantitative estimate of drug-likeness (QED) is 0.569. The number of hydrogen-bond donors (Lipinski definition) is 1. The number of fused-ring (bicyclic) bond motifs is 1. The van der Waals surface area contributed by atoms with Gasteiger partial charge in [0.2, 0.25) is 11.8 Å². The van der Waals surface area contributed by atoms with Crippen molar-refractivity contribution >= 4 is 40.7 Å². The number of halogens is 2. The maximum atomic E-state index is 13.5. The molecule has 0 radical (unpaired) electrons. The number of carbonyl (C=O) groups is 2. The average molecular weight is 505 g/mol. The zero-order chi connectivity index (χ0) is 24.7. The van der Waals surface area contributed by atoms with Gasteiger partial charge in [0.1, 0.15) is 0 Å². The number of hydrogen-bond acceptors (Lipinski definition) is 3. The molecule has 0 fully saturated rings. The van der Waals surface area contributed by atoms with E-state index in [1.807, 2.05) is 54.0 Å². The molecule has 5 nitrogen and oxygen atoms in total. The Bertz CT molecular complexity index is 996. The molecule has 34 heavy (non-hydrogen) atoms. The normalized spacial score (nSPS) is 16.4. The Balaban J connectivity index is 1.86. The molecular weight excluding hydrogens is 469 g/mol. The molecule has 1 aliphatic rings. The van der Waals surface area contributed by atoms with Crippen molar-refractivity contribution in [2.24, 2.45) is 11.7 Å². The summed E-state index contributed by atoms with van der Waals surface area (Å²) in [6.07, 6.45) is 5.49. The third-order valence-corrected chi connectivity index (χ3v) is 7.02. The lowest BCUT2D eigenvalue weighted by molar-refractivity contribution is -0.133. The monoisotopic (exact) mass is 503 g/mol. The summed E-state index contributed by atoms with van der Waals surface area (Å²) in [7, 11) is 0. The Morgan fingerprint density at radius 1 is 0.912 bits per heavy atom. The summed E-state index contributed by atoms with van der Waals surface area (Å²) in [5, 5.41) is 0.930. The lowest BCUT2D eigenvalue weighted by atomic mass is 10.0. The molecule has 0 spiro atoms. The van der Waals surface area contributed by atoms with E-state index in [0.717, 1.165) is 48.9 Å². The summed E-state index contributed by atoms with van der Waals surface area (Å²) >= 11 is 12.2. The van der Waals surface area contributed by atoms with Crippen molar-refractivity contribution in [3.63, 3.8) is 0 Å². The second kappa shape index (κ2) is 12.6. The summed E-state index contributed by atoms with van der Waals surface area (Å²) in [5.41, 5.74) is 9.11. The first-order valence-electron chi connectivity index (χ1n) is 12.2. The number of carbonyl (C=O) groups excluding carboxylic acids is 2. The van der Waals surface area contributed by atoms with Gasteiger partial charge in [0, 0.05) is 31.2 Å². The molecule has 0 unspecified atom stereocenters. The van der Waals surface area contributed by atoms with Crippen LogP contribution in [0.15, 0.2) is 42.5 Å². The Morgan fingerprint density at radius 3 is 2.29 bits per heavy atom. The van der Waals surface area contributed by atoms with Gasteiger partial charge in [0.25, 0.3) is 0 Å². The van der Waals surface area contributed by atoms with Crippen molar-refractivity contribution < 1.29 is 9.59 Å². The number of nitrogens with two attached hydrogens (primary N) is 1. The molecule has 184 valence electrons. The summed E-state index contributed by atoms with van der Waals surface area (Å²) in [4.78, 5) is 30.3. The zero-order valence-electron chi connectivity index (χ0n) is 20.1. The van der Waals surface area contributed by atoms with E-state index in [1.54, 1.807) is 12.1 Å². The van der Waals surface area contributed by atoms with Crippen LogP contribution in [0.2, 0.25) is 10.0 Å². The fraction of sp³-hybridized carbons (Fsp3) is 0.481. The molecule has 0 aliphatic carbocycles. The van der Waals surface area contributed by atoms with E-state index >= 15 is 0 Å². The van der Waals surface area contributed by atoms with Crippen LogP contribution in [0.3, 0.4) is 0 Å². The molecule has 0 saturated heterocycles. The first-order valence-corrected chi connectivity index (χ1v) is 12.9. The highest BCUT2D eigenvalue weighted by molar-refractivity contribution is 6.42. The number of nitrogens with zero attached hydrogens (tertiary/aromatic N) is 2. The van der Waals surface area contributed by atoms with Gasteiger partial charge in [-0.05, 0) is 48.6 Å². The summed E-state index contributed by atoms with van der Waals surface area (Å²) in [6, 6.07) is 12.6. The predicted octanol–water partition coefficient (Wildman–Crippen LogP) is 5.85. The van der Waals surface area contributed by atoms with Gasteiger partial charge in [-0.2, -0.15) is 0 Å². The van der Waals surface area contributed by atoms with Crippen molar-refractivity contribution in [1.29, 1.82) is 0 Å². The molecule has 2 N–H and O–H groups in total. The molecule has 2 aromatic carbocycles. The Labute approximate surface area is 213 Å². The van der Waals surface area contributed by atoms with Gasteiger partial charge in [0.05, 0.1) is 16.1 Å². The van der Waals surface area contributed by atoms with Gasteiger partial charge in [0.15, 0.2) is 0 Å². The number of rotatable bonds is 4. The SMILES string of the molecule is CC(C)C(=O)N1CCCCCCCN(C(=O)[C@@H](N)Cc2ccc(Cl)c(Cl)c2)Cc2ccccc21. The van der Waals surface area contributed by atoms with Crippen LogP contribution in [0.25, 0.3) is 0 Å². The third-order valence-electron chi connectivity index (χ3n) is 6.28. The van der Waals surface area contributed by atoms with Crippen LogP contribution in [0.1, 0.15) is 57.1 Å². The second-order valence-electron chi connectivity index (χ2n) is 9.36. The highest BCUT2D eigenvalue weighted by Gasteiger charge is 2.26. The van der Waals surface area contributed by atoms with E-state index in [0.29, 0.717) is 36.1 Å². The molecule has 1 aliphatic heterocycles. The maximum Gasteiger partial charge on any atom is 0.240 e. The number of amides is 2. The van der Waals surface area contributed by atoms with Crippen LogP contribution in [0, 0.1) is 5.92 Å². The smallest absolute Gasteiger partial charge is 0.240 e. The highest BCUT2D eigenvalue weighted by atomic mass is 35.5. The van der Waals surface area contributed by atoms with Crippen molar-refractivity contribution in [1.82, 2.24) is 4.90 Å². The van der Waals surface area contributed by atoms with E-state index < -0.39 is 6.04 Å². The molecule has 2 aromatic rings. The Hall–Kier alpha value is -2.08. The maximum absolute atomic E-state index is 13.5. The average Bonchev–Trinajstić information content (AvgIpc) is 2.81. The van der Waals surface area contributed by atoms with Gasteiger partial charge in [-0.15, -0.1) is 0 Å². The highest BCUT2D eigenvalue weighted by Crippen LogP contribution is 2.27. The van der Waals surface area contributed by atoms with Gasteiger partial charge < -0.3 is 15.5 Å². The van der Waals surface area contributed by atoms with Gasteiger partial charge in [-0.25, -0.2) is 0 Å². The molecule has 2 amide bonds. The van der Waals surface area contributed by atoms with Crippen LogP contribution in [0.5, 0.6) is 0 Å². The fourth-order valence-corrected chi connectivity index (χ4v) is 4.71. The molecule has 1 atom stereocenters. The van der Waals surface area contributed by atoms with Gasteiger partial charge in [-0.3, -0.25) is 9.59 Å². The minimum absolute atomic E-state index is 0.0975. The second-order valence-corrected chi connectivity index (χ2v) is 10.2. The minimum Gasteiger partial charge on any atom is -0.337 e. The van der Waals surface area contributed by atoms with Crippen molar-refractivity contribution in [2.45, 2.75) is 65.0 Å². The Kier molecular flexibility index (Phi) is 9.81. The van der Waals surface area contributed by atoms with Gasteiger partial charge in [-0.1, -0.05) is 80.6 Å². The largest absolute Gasteiger partial charge is 0.337 e. The topological polar surface area (TPSA) is 66.6 Å². The number of anilines is 1. The first-order chi connectivity index (χ1) is 16.3. The first kappa shape index (κ1) is 26.5. The third kappa shape index (κ3) is 6.97. The van der Waals surface area contributed by atoms with Crippen LogP contribution < -0.4 is 10.6 Å². The summed E-state index contributed by atoms with van der Waals surface area (Å²) in [5.74, 6) is -0.0864. The molecule has 7 heteroatoms. The number of benzene rings is 2. The van der Waals surface area contributed by atoms with Crippen LogP contribution >= 0.6 is 23.2 Å². The molecule has 0 saturated carbocycles. The van der Waals surface area contributed by atoms with Gasteiger partial charge >= 0.3 is 0 Å². The van der Waals surface area contributed by atoms with Crippen LogP contribution in [-0.4, -0.2) is 35.8 Å². The van der Waals surface area contributed by atoms with Crippen LogP contribution in [-0.2, 0) is 22.6 Å². The Morgan fingerprint density at radius 2 is 1.59 bits per heavy atom. The molecule has 0 bridgehead atoms.